The molecular formula is C63H52BN3O. The topological polar surface area (TPSA) is 22.9 Å². The Kier molecular flexibility index (Phi) is 8.86. The van der Waals surface area contributed by atoms with Gasteiger partial charge in [-0.15, -0.1) is 0 Å². The normalized spacial score (nSPS) is 15.0. The van der Waals surface area contributed by atoms with Gasteiger partial charge in [-0.3, -0.25) is 0 Å². The van der Waals surface area contributed by atoms with Crippen LogP contribution in [0.1, 0.15) is 56.4 Å². The first-order chi connectivity index (χ1) is 33.0. The summed E-state index contributed by atoms with van der Waals surface area (Å²) in [7, 11) is 0. The van der Waals surface area contributed by atoms with Gasteiger partial charge in [0.25, 0.3) is 6.71 Å². The summed E-state index contributed by atoms with van der Waals surface area (Å²) in [4.78, 5) is 7.59. The highest BCUT2D eigenvalue weighted by Gasteiger charge is 2.48. The van der Waals surface area contributed by atoms with Gasteiger partial charge in [-0.1, -0.05) is 137 Å². The molecule has 1 aromatic heterocycles. The van der Waals surface area contributed by atoms with Gasteiger partial charge >= 0.3 is 0 Å². The summed E-state index contributed by atoms with van der Waals surface area (Å²) in [5, 5.41) is 2.23. The molecule has 0 bridgehead atoms. The molecule has 9 aromatic carbocycles. The van der Waals surface area contributed by atoms with Crippen molar-refractivity contribution in [1.29, 1.82) is 0 Å². The second kappa shape index (κ2) is 14.9. The summed E-state index contributed by atoms with van der Waals surface area (Å²) >= 11 is 0. The van der Waals surface area contributed by atoms with Crippen molar-refractivity contribution in [1.82, 2.24) is 0 Å². The third kappa shape index (κ3) is 6.08. The minimum atomic E-state index is -0.0748. The Balaban J connectivity index is 1.16. The van der Waals surface area contributed by atoms with Crippen molar-refractivity contribution >= 4 is 96.2 Å². The zero-order valence-corrected chi connectivity index (χ0v) is 39.5. The highest BCUT2D eigenvalue weighted by Crippen LogP contribution is 2.54. The minimum Gasteiger partial charge on any atom is -0.456 e. The summed E-state index contributed by atoms with van der Waals surface area (Å²) in [6, 6.07) is 71.8. The van der Waals surface area contributed by atoms with Crippen LogP contribution in [0.4, 0.5) is 51.2 Å². The van der Waals surface area contributed by atoms with E-state index in [4.69, 9.17) is 4.42 Å². The Morgan fingerprint density at radius 3 is 1.76 bits per heavy atom. The predicted octanol–water partition coefficient (Wildman–Crippen LogP) is 15.4. The van der Waals surface area contributed by atoms with Crippen LogP contribution >= 0.6 is 0 Å². The third-order valence-electron chi connectivity index (χ3n) is 15.1. The number of fused-ring (bicyclic) bond motifs is 8. The van der Waals surface area contributed by atoms with Crippen LogP contribution in [0.2, 0.25) is 0 Å². The average Bonchev–Trinajstić information content (AvgIpc) is 3.82. The fourth-order valence-corrected chi connectivity index (χ4v) is 12.4. The number of nitrogens with zero attached hydrogens (tertiary/aromatic N) is 3. The molecule has 3 aliphatic rings. The summed E-state index contributed by atoms with van der Waals surface area (Å²) in [5.74, 6) is 0. The lowest BCUT2D eigenvalue weighted by Crippen LogP contribution is -2.61. The molecule has 0 amide bonds. The maximum absolute atomic E-state index is 6.63. The molecule has 0 saturated carbocycles. The van der Waals surface area contributed by atoms with Crippen LogP contribution in [0.25, 0.3) is 33.1 Å². The fraction of sp³-hybridized carbons (Fsp3) is 0.143. The van der Waals surface area contributed by atoms with Gasteiger partial charge in [-0.25, -0.2) is 0 Å². The highest BCUT2D eigenvalue weighted by molar-refractivity contribution is 7.00. The number of aryl methyl sites for hydroxylation is 2. The molecule has 68 heavy (non-hydrogen) atoms. The quantitative estimate of drug-likeness (QED) is 0.155. The van der Waals surface area contributed by atoms with Crippen LogP contribution in [-0.4, -0.2) is 6.71 Å². The molecule has 0 fully saturated rings. The lowest BCUT2D eigenvalue weighted by molar-refractivity contribution is 0.403. The van der Waals surface area contributed by atoms with E-state index in [-0.39, 0.29) is 17.5 Å². The van der Waals surface area contributed by atoms with E-state index in [1.807, 2.05) is 0 Å². The predicted molar refractivity (Wildman–Crippen MR) is 288 cm³/mol. The van der Waals surface area contributed by atoms with E-state index in [0.29, 0.717) is 0 Å². The van der Waals surface area contributed by atoms with Crippen LogP contribution < -0.4 is 31.1 Å². The van der Waals surface area contributed by atoms with E-state index in [1.54, 1.807) is 0 Å². The molecule has 2 aliphatic heterocycles. The molecule has 0 spiro atoms. The largest absolute Gasteiger partial charge is 0.456 e. The number of rotatable bonds is 6. The summed E-state index contributed by atoms with van der Waals surface area (Å²) < 4.78 is 6.63. The lowest BCUT2D eigenvalue weighted by atomic mass is 9.33. The molecule has 328 valence electrons. The lowest BCUT2D eigenvalue weighted by Gasteiger charge is -2.45. The van der Waals surface area contributed by atoms with E-state index in [2.05, 4.69) is 250 Å². The van der Waals surface area contributed by atoms with Gasteiger partial charge in [-0.05, 0) is 166 Å². The first kappa shape index (κ1) is 40.5. The first-order valence-corrected chi connectivity index (χ1v) is 24.1. The third-order valence-corrected chi connectivity index (χ3v) is 15.1. The number of hydrogen-bond acceptors (Lipinski definition) is 4. The molecule has 10 aromatic rings. The summed E-state index contributed by atoms with van der Waals surface area (Å²) in [5.41, 5.74) is 23.9. The van der Waals surface area contributed by atoms with Gasteiger partial charge in [0.2, 0.25) is 0 Å². The highest BCUT2D eigenvalue weighted by atomic mass is 16.3. The van der Waals surface area contributed by atoms with E-state index >= 15 is 0 Å². The SMILES string of the molecule is Cc1cc2c3c(c1)N(c1cccc4oc5ccccc5c14)c1ccc(N(c4ccccc4)c4ccccc4)cc1B3c1cc3c(cc1N2c1cc(-c2ccccc2)ccc1C)C(C)(C)CC3(C)C. The van der Waals surface area contributed by atoms with Crippen molar-refractivity contribution in [2.75, 3.05) is 14.7 Å². The zero-order valence-electron chi connectivity index (χ0n) is 39.5. The van der Waals surface area contributed by atoms with Crippen LogP contribution in [0.3, 0.4) is 0 Å². The van der Waals surface area contributed by atoms with Gasteiger partial charge in [0.1, 0.15) is 11.2 Å². The summed E-state index contributed by atoms with van der Waals surface area (Å²) in [6.45, 7) is 14.3. The molecule has 4 nitrogen and oxygen atoms in total. The Hall–Kier alpha value is -7.76. The van der Waals surface area contributed by atoms with E-state index in [0.717, 1.165) is 51.1 Å². The number of hydrogen-bond donors (Lipinski definition) is 0. The van der Waals surface area contributed by atoms with Gasteiger partial charge < -0.3 is 19.1 Å². The Morgan fingerprint density at radius 1 is 0.456 bits per heavy atom. The van der Waals surface area contributed by atoms with Crippen LogP contribution in [0.5, 0.6) is 0 Å². The van der Waals surface area contributed by atoms with Crippen molar-refractivity contribution in [3.05, 3.63) is 216 Å². The zero-order chi connectivity index (χ0) is 46.1. The second-order valence-electron chi connectivity index (χ2n) is 20.6. The minimum absolute atomic E-state index is 0.000991. The molecule has 0 unspecified atom stereocenters. The van der Waals surface area contributed by atoms with Gasteiger partial charge in [-0.2, -0.15) is 0 Å². The molecule has 13 rings (SSSR count). The molecule has 0 saturated heterocycles. The number of benzene rings is 9. The van der Waals surface area contributed by atoms with E-state index in [1.165, 1.54) is 78.2 Å². The molecule has 0 radical (unpaired) electrons. The van der Waals surface area contributed by atoms with E-state index < -0.39 is 0 Å². The van der Waals surface area contributed by atoms with Crippen molar-refractivity contribution < 1.29 is 4.42 Å². The molecule has 0 atom stereocenters. The van der Waals surface area contributed by atoms with Crippen LogP contribution in [-0.2, 0) is 10.8 Å². The summed E-state index contributed by atoms with van der Waals surface area (Å²) in [6.07, 6.45) is 1.09. The second-order valence-corrected chi connectivity index (χ2v) is 20.6. The monoisotopic (exact) mass is 877 g/mol. The molecule has 1 aliphatic carbocycles. The molecule has 5 heteroatoms. The van der Waals surface area contributed by atoms with Gasteiger partial charge in [0.15, 0.2) is 0 Å². The van der Waals surface area contributed by atoms with Gasteiger partial charge in [0.05, 0.1) is 11.1 Å². The maximum atomic E-state index is 6.63. The van der Waals surface area contributed by atoms with Crippen molar-refractivity contribution in [2.24, 2.45) is 0 Å². The molecular weight excluding hydrogens is 826 g/mol. The Morgan fingerprint density at radius 2 is 1.06 bits per heavy atom. The number of furan rings is 1. The maximum Gasteiger partial charge on any atom is 0.252 e. The van der Waals surface area contributed by atoms with Crippen molar-refractivity contribution in [3.8, 4) is 11.1 Å². The van der Waals surface area contributed by atoms with Crippen molar-refractivity contribution in [3.63, 3.8) is 0 Å². The van der Waals surface area contributed by atoms with Crippen LogP contribution in [0.15, 0.2) is 199 Å². The Labute approximate surface area is 399 Å². The first-order valence-electron chi connectivity index (χ1n) is 24.1. The van der Waals surface area contributed by atoms with Gasteiger partial charge in [0, 0.05) is 50.9 Å². The average molecular weight is 878 g/mol. The standard InChI is InChI=1S/C63H52BN3O/c1-40-33-56-61-57(34-40)67(54-35-43(30-29-41(54)2)42-19-10-7-11-20-42)55-38-49-48(62(3,4)39-63(49,5)6)37-51(55)64(61)50-36-46(65(44-21-12-8-13-22-44)45-23-14-9-15-24-45)31-32-52(50)66(56)53-26-18-28-59-60(53)47-25-16-17-27-58(47)68-59/h7-38H,39H2,1-6H3. The molecule has 0 N–H and O–H groups in total. The smallest absolute Gasteiger partial charge is 0.252 e. The van der Waals surface area contributed by atoms with E-state index in [9.17, 15) is 0 Å². The van der Waals surface area contributed by atoms with Crippen molar-refractivity contribution in [2.45, 2.75) is 58.8 Å². The number of para-hydroxylation sites is 3. The molecule has 3 heterocycles. The van der Waals surface area contributed by atoms with Crippen LogP contribution in [0, 0.1) is 13.8 Å². The fourth-order valence-electron chi connectivity index (χ4n) is 12.4. The number of anilines is 9. The Bertz CT molecular complexity index is 3610.